The smallest absolute Gasteiger partial charge is 0.317 e. The van der Waals surface area contributed by atoms with Crippen LogP contribution in [0.15, 0.2) is 0 Å². The van der Waals surface area contributed by atoms with E-state index < -0.39 is 5.97 Å². The average molecular weight is 298 g/mol. The molecule has 21 heavy (non-hydrogen) atoms. The fourth-order valence-electron chi connectivity index (χ4n) is 2.86. The summed E-state index contributed by atoms with van der Waals surface area (Å²) in [7, 11) is 0. The van der Waals surface area contributed by atoms with Gasteiger partial charge in [0.25, 0.3) is 0 Å². The summed E-state index contributed by atoms with van der Waals surface area (Å²) >= 11 is 0. The van der Waals surface area contributed by atoms with Crippen molar-refractivity contribution in [2.24, 2.45) is 11.8 Å². The summed E-state index contributed by atoms with van der Waals surface area (Å²) in [4.78, 5) is 24.5. The Morgan fingerprint density at radius 2 is 1.86 bits per heavy atom. The monoisotopic (exact) mass is 298 g/mol. The first-order valence-corrected chi connectivity index (χ1v) is 8.16. The molecule has 1 aliphatic rings. The largest absolute Gasteiger partial charge is 0.481 e. The standard InChI is InChI=1S/C16H30N2O3/c1-12(2)18(10-4-5-15(19)20)16(21)17-11-14-8-6-13(3)7-9-14/h12-14H,4-11H2,1-3H3,(H,17,21)(H,19,20). The van der Waals surface area contributed by atoms with E-state index in [1.807, 2.05) is 13.8 Å². The molecule has 0 aliphatic heterocycles. The van der Waals surface area contributed by atoms with E-state index in [0.717, 1.165) is 12.5 Å². The summed E-state index contributed by atoms with van der Waals surface area (Å²) < 4.78 is 0. The number of urea groups is 1. The summed E-state index contributed by atoms with van der Waals surface area (Å²) in [6.45, 7) is 7.45. The Hall–Kier alpha value is -1.26. The van der Waals surface area contributed by atoms with Crippen molar-refractivity contribution in [1.29, 1.82) is 0 Å². The lowest BCUT2D eigenvalue weighted by atomic mass is 9.83. The van der Waals surface area contributed by atoms with E-state index in [-0.39, 0.29) is 18.5 Å². The first-order valence-electron chi connectivity index (χ1n) is 8.16. The zero-order valence-corrected chi connectivity index (χ0v) is 13.6. The molecule has 0 unspecified atom stereocenters. The van der Waals surface area contributed by atoms with Gasteiger partial charge in [-0.1, -0.05) is 19.8 Å². The number of carboxylic acids is 1. The molecule has 0 heterocycles. The van der Waals surface area contributed by atoms with E-state index >= 15 is 0 Å². The predicted octanol–water partition coefficient (Wildman–Crippen LogP) is 3.10. The summed E-state index contributed by atoms with van der Waals surface area (Å²) in [6, 6.07) is 0.0270. The molecule has 2 amide bonds. The fraction of sp³-hybridized carbons (Fsp3) is 0.875. The van der Waals surface area contributed by atoms with Crippen LogP contribution in [0.4, 0.5) is 4.79 Å². The predicted molar refractivity (Wildman–Crippen MR) is 83.2 cm³/mol. The van der Waals surface area contributed by atoms with Gasteiger partial charge in [0.15, 0.2) is 0 Å². The van der Waals surface area contributed by atoms with E-state index in [4.69, 9.17) is 5.11 Å². The van der Waals surface area contributed by atoms with Crippen LogP contribution in [0.25, 0.3) is 0 Å². The van der Waals surface area contributed by atoms with Crippen molar-refractivity contribution in [1.82, 2.24) is 10.2 Å². The van der Waals surface area contributed by atoms with E-state index in [9.17, 15) is 9.59 Å². The van der Waals surface area contributed by atoms with Gasteiger partial charge in [-0.2, -0.15) is 0 Å². The van der Waals surface area contributed by atoms with Crippen LogP contribution in [0.2, 0.25) is 0 Å². The number of carboxylic acid groups (broad SMARTS) is 1. The van der Waals surface area contributed by atoms with Gasteiger partial charge in [-0.3, -0.25) is 4.79 Å². The lowest BCUT2D eigenvalue weighted by Gasteiger charge is -2.30. The van der Waals surface area contributed by atoms with E-state index in [2.05, 4.69) is 12.2 Å². The zero-order valence-electron chi connectivity index (χ0n) is 13.6. The molecule has 0 spiro atoms. The minimum Gasteiger partial charge on any atom is -0.481 e. The maximum Gasteiger partial charge on any atom is 0.317 e. The molecule has 0 atom stereocenters. The van der Waals surface area contributed by atoms with Gasteiger partial charge in [0, 0.05) is 25.6 Å². The first kappa shape index (κ1) is 17.8. The molecule has 2 N–H and O–H groups in total. The third kappa shape index (κ3) is 6.82. The highest BCUT2D eigenvalue weighted by atomic mass is 16.4. The Kier molecular flexibility index (Phi) is 7.54. The Morgan fingerprint density at radius 3 is 2.38 bits per heavy atom. The minimum absolute atomic E-state index is 0.0611. The zero-order chi connectivity index (χ0) is 15.8. The lowest BCUT2D eigenvalue weighted by molar-refractivity contribution is -0.137. The molecule has 1 fully saturated rings. The average Bonchev–Trinajstić information content (AvgIpc) is 2.42. The molecule has 1 aliphatic carbocycles. The van der Waals surface area contributed by atoms with Crippen molar-refractivity contribution in [3.05, 3.63) is 0 Å². The molecule has 0 bridgehead atoms. The number of nitrogens with zero attached hydrogens (tertiary/aromatic N) is 1. The molecule has 0 saturated heterocycles. The highest BCUT2D eigenvalue weighted by Gasteiger charge is 2.21. The second-order valence-corrected chi connectivity index (χ2v) is 6.60. The highest BCUT2D eigenvalue weighted by molar-refractivity contribution is 5.74. The molecule has 0 aromatic carbocycles. The van der Waals surface area contributed by atoms with Crippen LogP contribution in [0.5, 0.6) is 0 Å². The van der Waals surface area contributed by atoms with Crippen molar-refractivity contribution < 1.29 is 14.7 Å². The summed E-state index contributed by atoms with van der Waals surface area (Å²) in [6.07, 6.45) is 5.52. The van der Waals surface area contributed by atoms with Crippen LogP contribution >= 0.6 is 0 Å². The van der Waals surface area contributed by atoms with E-state index in [1.54, 1.807) is 4.90 Å². The van der Waals surface area contributed by atoms with Crippen molar-refractivity contribution in [3.63, 3.8) is 0 Å². The van der Waals surface area contributed by atoms with Gasteiger partial charge in [0.2, 0.25) is 0 Å². The van der Waals surface area contributed by atoms with Crippen LogP contribution in [0.1, 0.15) is 59.3 Å². The first-order chi connectivity index (χ1) is 9.90. The molecule has 1 saturated carbocycles. The van der Waals surface area contributed by atoms with Crippen LogP contribution in [0.3, 0.4) is 0 Å². The minimum atomic E-state index is -0.810. The second-order valence-electron chi connectivity index (χ2n) is 6.60. The van der Waals surface area contributed by atoms with Gasteiger partial charge in [0.05, 0.1) is 0 Å². The van der Waals surface area contributed by atoms with Crippen molar-refractivity contribution in [2.75, 3.05) is 13.1 Å². The van der Waals surface area contributed by atoms with Crippen LogP contribution in [-0.4, -0.2) is 41.1 Å². The summed E-state index contributed by atoms with van der Waals surface area (Å²) in [5.41, 5.74) is 0. The molecule has 122 valence electrons. The SMILES string of the molecule is CC1CCC(CNC(=O)N(CCCC(=O)O)C(C)C)CC1. The van der Waals surface area contributed by atoms with Crippen LogP contribution in [-0.2, 0) is 4.79 Å². The van der Waals surface area contributed by atoms with Crippen molar-refractivity contribution in [3.8, 4) is 0 Å². The quantitative estimate of drug-likeness (QED) is 0.759. The fourth-order valence-corrected chi connectivity index (χ4v) is 2.86. The topological polar surface area (TPSA) is 69.6 Å². The molecule has 0 radical (unpaired) electrons. The van der Waals surface area contributed by atoms with Gasteiger partial charge in [-0.05, 0) is 44.9 Å². The number of hydrogen-bond acceptors (Lipinski definition) is 2. The summed E-state index contributed by atoms with van der Waals surface area (Å²) in [5, 5.41) is 11.7. The second kappa shape index (κ2) is 8.90. The van der Waals surface area contributed by atoms with Gasteiger partial charge in [-0.25, -0.2) is 4.79 Å². The number of carbonyl (C=O) groups excluding carboxylic acids is 1. The lowest BCUT2D eigenvalue weighted by Crippen LogP contribution is -2.46. The van der Waals surface area contributed by atoms with Crippen molar-refractivity contribution >= 4 is 12.0 Å². The molecular weight excluding hydrogens is 268 g/mol. The number of carbonyl (C=O) groups is 2. The van der Waals surface area contributed by atoms with Crippen LogP contribution < -0.4 is 5.32 Å². The molecule has 0 aromatic heterocycles. The maximum absolute atomic E-state index is 12.2. The van der Waals surface area contributed by atoms with Gasteiger partial charge < -0.3 is 15.3 Å². The molecule has 1 rings (SSSR count). The van der Waals surface area contributed by atoms with Gasteiger partial charge in [0.1, 0.15) is 0 Å². The van der Waals surface area contributed by atoms with Crippen LogP contribution in [0, 0.1) is 11.8 Å². The number of rotatable bonds is 7. The van der Waals surface area contributed by atoms with Gasteiger partial charge >= 0.3 is 12.0 Å². The Morgan fingerprint density at radius 1 is 1.24 bits per heavy atom. The third-order valence-corrected chi connectivity index (χ3v) is 4.35. The molecule has 0 aromatic rings. The van der Waals surface area contributed by atoms with Gasteiger partial charge in [-0.15, -0.1) is 0 Å². The number of nitrogens with one attached hydrogen (secondary N) is 1. The molecule has 5 nitrogen and oxygen atoms in total. The number of hydrogen-bond donors (Lipinski definition) is 2. The third-order valence-electron chi connectivity index (χ3n) is 4.35. The number of aliphatic carboxylic acids is 1. The number of amides is 2. The molecule has 5 heteroatoms. The van der Waals surface area contributed by atoms with E-state index in [1.165, 1.54) is 25.7 Å². The maximum atomic E-state index is 12.2. The Balaban J connectivity index is 2.33. The highest BCUT2D eigenvalue weighted by Crippen LogP contribution is 2.27. The van der Waals surface area contributed by atoms with E-state index in [0.29, 0.717) is 18.9 Å². The summed E-state index contributed by atoms with van der Waals surface area (Å²) in [5.74, 6) is 0.605. The molecular formula is C16H30N2O3. The Labute approximate surface area is 128 Å². The Bertz CT molecular complexity index is 336. The normalized spacial score (nSPS) is 22.1. The van der Waals surface area contributed by atoms with Crippen molar-refractivity contribution in [2.45, 2.75) is 65.3 Å².